The van der Waals surface area contributed by atoms with Gasteiger partial charge in [-0.1, -0.05) is 81.8 Å². The van der Waals surface area contributed by atoms with Crippen LogP contribution in [0.5, 0.6) is 0 Å². The number of benzene rings is 3. The molecule has 0 fully saturated rings. The van der Waals surface area contributed by atoms with Crippen LogP contribution in [0.1, 0.15) is 97.4 Å². The first-order valence-corrected chi connectivity index (χ1v) is 16.2. The van der Waals surface area contributed by atoms with Crippen molar-refractivity contribution < 1.29 is 19.1 Å². The van der Waals surface area contributed by atoms with Crippen LogP contribution in [0.3, 0.4) is 0 Å². The van der Waals surface area contributed by atoms with E-state index in [0.717, 1.165) is 33.9 Å². The van der Waals surface area contributed by atoms with Gasteiger partial charge >= 0.3 is 6.09 Å². The Morgan fingerprint density at radius 2 is 1.49 bits per heavy atom. The van der Waals surface area contributed by atoms with Gasteiger partial charge in [0.1, 0.15) is 17.7 Å². The summed E-state index contributed by atoms with van der Waals surface area (Å²) in [4.78, 5) is 44.0. The maximum Gasteiger partial charge on any atom is 0.408 e. The second-order valence-electron chi connectivity index (χ2n) is 14.2. The Balaban J connectivity index is 2.14. The summed E-state index contributed by atoms with van der Waals surface area (Å²) in [5.74, 6) is -0.0803. The smallest absolute Gasteiger partial charge is 0.408 e. The summed E-state index contributed by atoms with van der Waals surface area (Å²) >= 11 is 0. The zero-order valence-electron chi connectivity index (χ0n) is 28.9. The third kappa shape index (κ3) is 10.3. The zero-order chi connectivity index (χ0) is 33.5. The summed E-state index contributed by atoms with van der Waals surface area (Å²) in [7, 11) is 0. The van der Waals surface area contributed by atoms with Crippen molar-refractivity contribution in [1.29, 1.82) is 0 Å². The Kier molecular flexibility index (Phi) is 12.2. The number of hydrogen-bond acceptors (Lipinski definition) is 4. The molecule has 0 spiro atoms. The summed E-state index contributed by atoms with van der Waals surface area (Å²) < 4.78 is 5.56. The van der Waals surface area contributed by atoms with Gasteiger partial charge in [-0.05, 0) is 107 Å². The molecule has 0 aliphatic rings. The summed E-state index contributed by atoms with van der Waals surface area (Å²) in [6, 6.07) is 17.7. The Hall–Kier alpha value is -3.87. The number of amides is 3. The largest absolute Gasteiger partial charge is 0.444 e. The molecule has 0 heterocycles. The van der Waals surface area contributed by atoms with Gasteiger partial charge in [-0.2, -0.15) is 0 Å². The highest BCUT2D eigenvalue weighted by Gasteiger charge is 2.39. The van der Waals surface area contributed by atoms with Crippen molar-refractivity contribution in [1.82, 2.24) is 10.2 Å². The molecule has 0 aromatic heterocycles. The lowest BCUT2D eigenvalue weighted by molar-refractivity contribution is -0.144. The number of carbonyl (C=O) groups excluding carboxylic acids is 3. The molecule has 45 heavy (non-hydrogen) atoms. The molecule has 244 valence electrons. The molecule has 0 radical (unpaired) electrons. The van der Waals surface area contributed by atoms with Crippen LogP contribution in [0.4, 0.5) is 10.5 Å². The standard InChI is InChI=1S/C38H53N3O4/c1-24(2)15-18-28(7)41(36(43)33(21-25(3)4)40-37(44)45-38(8,9)10)34(32-22-26(5)16-17-27(32)6)35(42)39-31-20-19-29-13-11-12-14-30(29)23-31/h11-14,16-17,19-20,22-25,28,33-34H,15,18,21H2,1-10H3,(H,39,42)(H,40,44). The van der Waals surface area contributed by atoms with Crippen LogP contribution in [-0.2, 0) is 14.3 Å². The Bertz CT molecular complexity index is 1470. The van der Waals surface area contributed by atoms with Crippen molar-refractivity contribution in [2.24, 2.45) is 11.8 Å². The van der Waals surface area contributed by atoms with Gasteiger partial charge in [0.25, 0.3) is 5.91 Å². The molecule has 0 aliphatic heterocycles. The number of rotatable bonds is 12. The Morgan fingerprint density at radius 3 is 2.11 bits per heavy atom. The Labute approximate surface area is 270 Å². The van der Waals surface area contributed by atoms with E-state index >= 15 is 0 Å². The van der Waals surface area contributed by atoms with Crippen molar-refractivity contribution in [3.8, 4) is 0 Å². The second-order valence-corrected chi connectivity index (χ2v) is 14.2. The highest BCUT2D eigenvalue weighted by atomic mass is 16.6. The van der Waals surface area contributed by atoms with E-state index in [-0.39, 0.29) is 23.8 Å². The molecular weight excluding hydrogens is 562 g/mol. The van der Waals surface area contributed by atoms with E-state index in [0.29, 0.717) is 24.4 Å². The van der Waals surface area contributed by atoms with Gasteiger partial charge in [0.15, 0.2) is 0 Å². The van der Waals surface area contributed by atoms with Crippen molar-refractivity contribution in [2.75, 3.05) is 5.32 Å². The minimum absolute atomic E-state index is 0.104. The van der Waals surface area contributed by atoms with Crippen LogP contribution >= 0.6 is 0 Å². The average molecular weight is 616 g/mol. The molecule has 3 rings (SSSR count). The van der Waals surface area contributed by atoms with Crippen LogP contribution < -0.4 is 10.6 Å². The quantitative estimate of drug-likeness (QED) is 0.213. The molecule has 0 aliphatic carbocycles. The fraction of sp³-hybridized carbons (Fsp3) is 0.500. The van der Waals surface area contributed by atoms with Crippen molar-refractivity contribution in [3.63, 3.8) is 0 Å². The van der Waals surface area contributed by atoms with Gasteiger partial charge in [0, 0.05) is 11.7 Å². The minimum Gasteiger partial charge on any atom is -0.444 e. The van der Waals surface area contributed by atoms with Crippen LogP contribution in [0.25, 0.3) is 10.8 Å². The van der Waals surface area contributed by atoms with Crippen LogP contribution in [-0.4, -0.2) is 40.5 Å². The maximum absolute atomic E-state index is 14.8. The molecule has 3 unspecified atom stereocenters. The molecule has 7 nitrogen and oxygen atoms in total. The van der Waals surface area contributed by atoms with Crippen molar-refractivity contribution in [2.45, 2.75) is 112 Å². The lowest BCUT2D eigenvalue weighted by atomic mass is 9.92. The number of fused-ring (bicyclic) bond motifs is 1. The second kappa shape index (κ2) is 15.4. The number of nitrogens with zero attached hydrogens (tertiary/aromatic N) is 1. The van der Waals surface area contributed by atoms with E-state index < -0.39 is 23.8 Å². The van der Waals surface area contributed by atoms with E-state index in [1.165, 1.54) is 0 Å². The van der Waals surface area contributed by atoms with Gasteiger partial charge in [0.2, 0.25) is 5.91 Å². The summed E-state index contributed by atoms with van der Waals surface area (Å²) in [5, 5.41) is 8.09. The van der Waals surface area contributed by atoms with Crippen molar-refractivity contribution in [3.05, 3.63) is 77.4 Å². The third-order valence-corrected chi connectivity index (χ3v) is 7.86. The van der Waals surface area contributed by atoms with Gasteiger partial charge in [-0.15, -0.1) is 0 Å². The molecule has 3 aromatic carbocycles. The third-order valence-electron chi connectivity index (χ3n) is 7.86. The highest BCUT2D eigenvalue weighted by Crippen LogP contribution is 2.32. The minimum atomic E-state index is -0.930. The predicted octanol–water partition coefficient (Wildman–Crippen LogP) is 8.73. The SMILES string of the molecule is Cc1ccc(C)c(C(C(=O)Nc2ccc3ccccc3c2)N(C(=O)C(CC(C)C)NC(=O)OC(C)(C)C)C(C)CCC(C)C)c1. The molecule has 0 saturated heterocycles. The molecule has 3 aromatic rings. The normalized spacial score (nSPS) is 13.8. The average Bonchev–Trinajstić information content (AvgIpc) is 2.94. The lowest BCUT2D eigenvalue weighted by Gasteiger charge is -2.39. The number of alkyl carbamates (subject to hydrolysis) is 1. The fourth-order valence-electron chi connectivity index (χ4n) is 5.58. The van der Waals surface area contributed by atoms with Crippen molar-refractivity contribution >= 4 is 34.4 Å². The van der Waals surface area contributed by atoms with E-state index in [9.17, 15) is 14.4 Å². The molecular formula is C38H53N3O4. The first kappa shape index (κ1) is 35.6. The van der Waals surface area contributed by atoms with Gasteiger partial charge < -0.3 is 20.3 Å². The van der Waals surface area contributed by atoms with E-state index in [1.54, 1.807) is 25.7 Å². The summed E-state index contributed by atoms with van der Waals surface area (Å²) in [6.45, 7) is 19.7. The number of ether oxygens (including phenoxy) is 1. The molecule has 2 N–H and O–H groups in total. The topological polar surface area (TPSA) is 87.7 Å². The monoisotopic (exact) mass is 615 g/mol. The Morgan fingerprint density at radius 1 is 0.822 bits per heavy atom. The predicted molar refractivity (Wildman–Crippen MR) is 184 cm³/mol. The number of nitrogens with one attached hydrogen (secondary N) is 2. The van der Waals surface area contributed by atoms with Gasteiger partial charge in [-0.3, -0.25) is 9.59 Å². The number of aryl methyl sites for hydroxylation is 2. The number of anilines is 1. The molecule has 7 heteroatoms. The van der Waals surface area contributed by atoms with E-state index in [4.69, 9.17) is 4.74 Å². The zero-order valence-corrected chi connectivity index (χ0v) is 28.9. The van der Waals surface area contributed by atoms with Crippen LogP contribution in [0, 0.1) is 25.7 Å². The number of carbonyl (C=O) groups is 3. The number of hydrogen-bond donors (Lipinski definition) is 2. The van der Waals surface area contributed by atoms with Crippen LogP contribution in [0.2, 0.25) is 0 Å². The van der Waals surface area contributed by atoms with E-state index in [2.05, 4.69) is 24.5 Å². The van der Waals surface area contributed by atoms with Crippen LogP contribution in [0.15, 0.2) is 60.7 Å². The first-order chi connectivity index (χ1) is 21.1. The lowest BCUT2D eigenvalue weighted by Crippen LogP contribution is -2.55. The van der Waals surface area contributed by atoms with E-state index in [1.807, 2.05) is 95.3 Å². The highest BCUT2D eigenvalue weighted by molar-refractivity contribution is 6.00. The summed E-state index contributed by atoms with van der Waals surface area (Å²) in [6.07, 6.45) is 1.33. The summed E-state index contributed by atoms with van der Waals surface area (Å²) in [5.41, 5.74) is 2.60. The maximum atomic E-state index is 14.8. The fourth-order valence-corrected chi connectivity index (χ4v) is 5.58. The molecule has 3 amide bonds. The molecule has 0 bridgehead atoms. The molecule has 0 saturated carbocycles. The molecule has 3 atom stereocenters. The van der Waals surface area contributed by atoms with Gasteiger partial charge in [-0.25, -0.2) is 4.79 Å². The van der Waals surface area contributed by atoms with Gasteiger partial charge in [0.05, 0.1) is 0 Å². The first-order valence-electron chi connectivity index (χ1n) is 16.2.